The van der Waals surface area contributed by atoms with Crippen LogP contribution in [0.15, 0.2) is 18.6 Å². The number of amides is 5. The molecule has 3 saturated carbocycles. The number of carbonyl (C=O) groups excluding carboxylic acids is 6. The van der Waals surface area contributed by atoms with Crippen molar-refractivity contribution in [1.29, 1.82) is 0 Å². The molecule has 5 amide bonds. The second kappa shape index (κ2) is 15.8. The molecular weight excluding hydrogens is 626 g/mol. The van der Waals surface area contributed by atoms with Crippen LogP contribution in [0.4, 0.5) is 0 Å². The van der Waals surface area contributed by atoms with Gasteiger partial charge in [-0.05, 0) is 68.1 Å². The third-order valence-electron chi connectivity index (χ3n) is 10.7. The number of Topliss-reactive ketones (excluding diaryl/α,β-unsaturated/α-hetero) is 1. The van der Waals surface area contributed by atoms with E-state index in [4.69, 9.17) is 0 Å². The number of carbonyl (C=O) groups is 6. The number of ketones is 1. The molecule has 1 saturated heterocycles. The molecule has 13 nitrogen and oxygen atoms in total. The summed E-state index contributed by atoms with van der Waals surface area (Å²) in [4.78, 5) is 91.4. The third-order valence-corrected chi connectivity index (χ3v) is 10.7. The van der Waals surface area contributed by atoms with Crippen molar-refractivity contribution in [3.63, 3.8) is 0 Å². The zero-order valence-electron chi connectivity index (χ0n) is 29.3. The highest BCUT2D eigenvalue weighted by atomic mass is 16.2. The Balaban J connectivity index is 1.36. The average molecular weight is 680 g/mol. The van der Waals surface area contributed by atoms with Gasteiger partial charge >= 0.3 is 0 Å². The number of aromatic nitrogens is 2. The minimum absolute atomic E-state index is 0.0132. The van der Waals surface area contributed by atoms with E-state index >= 15 is 0 Å². The maximum atomic E-state index is 14.6. The fourth-order valence-corrected chi connectivity index (χ4v) is 7.87. The first-order valence-electron chi connectivity index (χ1n) is 18.2. The molecule has 1 unspecified atom stereocenters. The zero-order chi connectivity index (χ0) is 35.3. The molecule has 0 spiro atoms. The number of fused-ring (bicyclic) bond motifs is 1. The van der Waals surface area contributed by atoms with Gasteiger partial charge in [0.25, 0.3) is 11.8 Å². The summed E-state index contributed by atoms with van der Waals surface area (Å²) in [6.45, 7) is 7.85. The zero-order valence-corrected chi connectivity index (χ0v) is 29.3. The van der Waals surface area contributed by atoms with Crippen molar-refractivity contribution in [2.45, 2.75) is 135 Å². The van der Waals surface area contributed by atoms with Gasteiger partial charge in [0.2, 0.25) is 23.5 Å². The first-order valence-corrected chi connectivity index (χ1v) is 18.2. The molecule has 0 bridgehead atoms. The number of likely N-dealkylation sites (tertiary alicyclic amines) is 1. The number of rotatable bonds is 13. The van der Waals surface area contributed by atoms with E-state index in [1.807, 2.05) is 27.7 Å². The summed E-state index contributed by atoms with van der Waals surface area (Å²) < 4.78 is 0. The first-order chi connectivity index (χ1) is 23.4. The third kappa shape index (κ3) is 8.83. The van der Waals surface area contributed by atoms with Crippen molar-refractivity contribution in [1.82, 2.24) is 36.1 Å². The van der Waals surface area contributed by atoms with Gasteiger partial charge in [0.05, 0.1) is 12.2 Å². The molecule has 4 aliphatic rings. The Hall–Kier alpha value is -3.90. The van der Waals surface area contributed by atoms with E-state index in [1.54, 1.807) is 4.90 Å². The predicted molar refractivity (Wildman–Crippen MR) is 181 cm³/mol. The molecule has 6 atom stereocenters. The summed E-state index contributed by atoms with van der Waals surface area (Å²) in [6, 6.07) is -3.68. The van der Waals surface area contributed by atoms with Crippen LogP contribution in [0, 0.1) is 23.2 Å². The molecule has 1 aliphatic heterocycles. The molecule has 0 radical (unpaired) electrons. The maximum Gasteiger partial charge on any atom is 0.289 e. The average Bonchev–Trinajstić information content (AvgIpc) is 3.65. The largest absolute Gasteiger partial charge is 0.347 e. The smallest absolute Gasteiger partial charge is 0.289 e. The topological polar surface area (TPSA) is 180 Å². The van der Waals surface area contributed by atoms with Crippen molar-refractivity contribution < 1.29 is 28.8 Å². The summed E-state index contributed by atoms with van der Waals surface area (Å²) in [6.07, 6.45) is 13.9. The molecule has 5 rings (SSSR count). The Morgan fingerprint density at radius 2 is 1.63 bits per heavy atom. The van der Waals surface area contributed by atoms with Crippen LogP contribution >= 0.6 is 0 Å². The fourth-order valence-electron chi connectivity index (χ4n) is 7.87. The quantitative estimate of drug-likeness (QED) is 0.230. The first kappa shape index (κ1) is 36.4. The van der Waals surface area contributed by atoms with E-state index in [9.17, 15) is 28.8 Å². The van der Waals surface area contributed by atoms with Gasteiger partial charge in [0.15, 0.2) is 0 Å². The molecular formula is C36H53N7O6. The summed E-state index contributed by atoms with van der Waals surface area (Å²) >= 11 is 0. The van der Waals surface area contributed by atoms with Crippen LogP contribution in [0.3, 0.4) is 0 Å². The van der Waals surface area contributed by atoms with Crippen LogP contribution in [0.1, 0.15) is 115 Å². The van der Waals surface area contributed by atoms with Crippen molar-refractivity contribution in [3.05, 3.63) is 24.3 Å². The van der Waals surface area contributed by atoms with Crippen molar-refractivity contribution in [2.75, 3.05) is 6.54 Å². The Bertz CT molecular complexity index is 1390. The summed E-state index contributed by atoms with van der Waals surface area (Å²) in [7, 11) is 0. The normalized spacial score (nSPS) is 24.2. The highest BCUT2D eigenvalue weighted by Crippen LogP contribution is 2.43. The van der Waals surface area contributed by atoms with Crippen LogP contribution in [0.5, 0.6) is 0 Å². The number of hydrogen-bond donors (Lipinski definition) is 4. The highest BCUT2D eigenvalue weighted by Gasteiger charge is 2.52. The SMILES string of the molecule is CCC[C@@H](NC(=O)[C@@H]1[C@@H]2CCC[C@@H]2CN1C(=O)C(NC(=O)[C@@H](NC(=O)c1cnccn1)C1CCCCC1)C(C)(C)C)C(=O)C(=O)NC1CC1. The Labute approximate surface area is 288 Å². The Kier molecular flexibility index (Phi) is 11.7. The molecule has 1 aromatic heterocycles. The molecule has 268 valence electrons. The van der Waals surface area contributed by atoms with Gasteiger partial charge < -0.3 is 26.2 Å². The molecule has 13 heteroatoms. The number of nitrogens with zero attached hydrogens (tertiary/aromatic N) is 3. The molecule has 1 aromatic rings. The van der Waals surface area contributed by atoms with Crippen LogP contribution in [-0.4, -0.2) is 86.9 Å². The van der Waals surface area contributed by atoms with Crippen LogP contribution < -0.4 is 21.3 Å². The summed E-state index contributed by atoms with van der Waals surface area (Å²) in [5.41, 5.74) is -0.638. The van der Waals surface area contributed by atoms with Gasteiger partial charge in [-0.2, -0.15) is 0 Å². The van der Waals surface area contributed by atoms with Gasteiger partial charge in [-0.15, -0.1) is 0 Å². The van der Waals surface area contributed by atoms with Crippen LogP contribution in [-0.2, 0) is 24.0 Å². The van der Waals surface area contributed by atoms with E-state index in [0.29, 0.717) is 19.4 Å². The minimum Gasteiger partial charge on any atom is -0.347 e. The van der Waals surface area contributed by atoms with Gasteiger partial charge in [0.1, 0.15) is 23.8 Å². The molecule has 49 heavy (non-hydrogen) atoms. The maximum absolute atomic E-state index is 14.6. The van der Waals surface area contributed by atoms with Crippen molar-refractivity contribution in [2.24, 2.45) is 23.2 Å². The van der Waals surface area contributed by atoms with Gasteiger partial charge in [0, 0.05) is 25.0 Å². The van der Waals surface area contributed by atoms with Crippen molar-refractivity contribution in [3.8, 4) is 0 Å². The van der Waals surface area contributed by atoms with E-state index < -0.39 is 59.0 Å². The van der Waals surface area contributed by atoms with Gasteiger partial charge in [-0.25, -0.2) is 4.98 Å². The van der Waals surface area contributed by atoms with E-state index in [-0.39, 0.29) is 35.4 Å². The predicted octanol–water partition coefficient (Wildman–Crippen LogP) is 2.45. The minimum atomic E-state index is -0.994. The molecule has 3 aliphatic carbocycles. The lowest BCUT2D eigenvalue weighted by Crippen LogP contribution is -2.62. The standard InChI is InChI=1S/C36H53N7O6/c1-5-10-25(29(44)34(48)39-23-15-16-23)40-33(47)28-24-14-9-13-22(24)20-43(28)35(49)30(36(2,3)4)42-32(46)27(21-11-7-6-8-12-21)41-31(45)26-19-37-17-18-38-26/h17-19,21-25,27-28,30H,5-16,20H2,1-4H3,(H,39,48)(H,40,47)(H,41,45)(H,42,46)/t22-,24-,25-,27+,28+,30?/m1/s1. The van der Waals surface area contributed by atoms with Gasteiger partial charge in [-0.3, -0.25) is 33.8 Å². The number of hydrogen-bond acceptors (Lipinski definition) is 8. The summed E-state index contributed by atoms with van der Waals surface area (Å²) in [5.74, 6) is -3.20. The van der Waals surface area contributed by atoms with E-state index in [0.717, 1.165) is 64.2 Å². The van der Waals surface area contributed by atoms with Crippen LogP contribution in [0.25, 0.3) is 0 Å². The van der Waals surface area contributed by atoms with Gasteiger partial charge in [-0.1, -0.05) is 59.8 Å². The second-order valence-corrected chi connectivity index (χ2v) is 15.5. The fraction of sp³-hybridized carbons (Fsp3) is 0.722. The van der Waals surface area contributed by atoms with E-state index in [2.05, 4.69) is 31.2 Å². The molecule has 4 fully saturated rings. The second-order valence-electron chi connectivity index (χ2n) is 15.5. The van der Waals surface area contributed by atoms with E-state index in [1.165, 1.54) is 18.6 Å². The lowest BCUT2D eigenvalue weighted by Gasteiger charge is -2.38. The molecule has 0 aromatic carbocycles. The summed E-state index contributed by atoms with van der Waals surface area (Å²) in [5, 5.41) is 11.5. The van der Waals surface area contributed by atoms with Crippen LogP contribution in [0.2, 0.25) is 0 Å². The van der Waals surface area contributed by atoms with Crippen molar-refractivity contribution >= 4 is 35.3 Å². The number of nitrogens with one attached hydrogen (secondary N) is 4. The molecule has 4 N–H and O–H groups in total. The monoisotopic (exact) mass is 679 g/mol. The Morgan fingerprint density at radius 1 is 0.898 bits per heavy atom. The lowest BCUT2D eigenvalue weighted by molar-refractivity contribution is -0.146. The molecule has 2 heterocycles. The lowest BCUT2D eigenvalue weighted by atomic mass is 9.82. The highest BCUT2D eigenvalue weighted by molar-refractivity contribution is 6.38. The Morgan fingerprint density at radius 3 is 2.27 bits per heavy atom.